The van der Waals surface area contributed by atoms with Gasteiger partial charge in [0.1, 0.15) is 5.69 Å². The third-order valence-corrected chi connectivity index (χ3v) is 2.29. The average Bonchev–Trinajstić information content (AvgIpc) is 2.63. The first-order chi connectivity index (χ1) is 8.11. The van der Waals surface area contributed by atoms with Crippen molar-refractivity contribution in [2.24, 2.45) is 5.73 Å². The summed E-state index contributed by atoms with van der Waals surface area (Å²) in [6.07, 6.45) is 0. The van der Waals surface area contributed by atoms with Crippen LogP contribution in [0.15, 0.2) is 16.9 Å². The highest BCUT2D eigenvalue weighted by Gasteiger charge is 2.15. The van der Waals surface area contributed by atoms with E-state index in [4.69, 9.17) is 5.73 Å². The molecule has 0 fully saturated rings. The lowest BCUT2D eigenvalue weighted by molar-refractivity contribution is -0.383. The first-order valence-electron chi connectivity index (χ1n) is 4.96. The van der Waals surface area contributed by atoms with Crippen molar-refractivity contribution in [1.29, 1.82) is 0 Å². The van der Waals surface area contributed by atoms with Crippen LogP contribution in [0, 0.1) is 10.1 Å². The van der Waals surface area contributed by atoms with E-state index in [9.17, 15) is 14.9 Å². The molecule has 0 aliphatic heterocycles. The van der Waals surface area contributed by atoms with Crippen LogP contribution in [0.2, 0.25) is 0 Å². The molecule has 0 radical (unpaired) electrons. The molecule has 90 valence electrons. The summed E-state index contributed by atoms with van der Waals surface area (Å²) in [5.41, 5.74) is 6.08. The molecule has 1 aromatic carbocycles. The number of fused-ring (bicyclic) bond motifs is 1. The number of aromatic nitrogens is 2. The topological polar surface area (TPSA) is 130 Å². The molecule has 5 N–H and O–H groups in total. The zero-order valence-electron chi connectivity index (χ0n) is 8.82. The van der Waals surface area contributed by atoms with E-state index in [1.807, 2.05) is 0 Å². The molecule has 17 heavy (non-hydrogen) atoms. The van der Waals surface area contributed by atoms with E-state index < -0.39 is 10.6 Å². The van der Waals surface area contributed by atoms with Crippen molar-refractivity contribution in [2.45, 2.75) is 0 Å². The molecular formula is C9H11N5O3. The summed E-state index contributed by atoms with van der Waals surface area (Å²) in [5, 5.41) is 13.7. The van der Waals surface area contributed by atoms with Crippen molar-refractivity contribution in [2.75, 3.05) is 18.4 Å². The van der Waals surface area contributed by atoms with E-state index >= 15 is 0 Å². The summed E-state index contributed by atoms with van der Waals surface area (Å²) >= 11 is 0. The highest BCUT2D eigenvalue weighted by molar-refractivity contribution is 5.84. The summed E-state index contributed by atoms with van der Waals surface area (Å²) in [4.78, 5) is 26.4. The van der Waals surface area contributed by atoms with Crippen LogP contribution in [0.4, 0.5) is 11.4 Å². The van der Waals surface area contributed by atoms with Crippen molar-refractivity contribution in [3.63, 3.8) is 0 Å². The molecule has 8 heteroatoms. The molecule has 2 rings (SSSR count). The molecular weight excluding hydrogens is 226 g/mol. The van der Waals surface area contributed by atoms with E-state index in [0.29, 0.717) is 29.8 Å². The molecule has 0 unspecified atom stereocenters. The lowest BCUT2D eigenvalue weighted by Crippen LogP contribution is -2.13. The van der Waals surface area contributed by atoms with Crippen LogP contribution >= 0.6 is 0 Å². The van der Waals surface area contributed by atoms with Gasteiger partial charge in [0.2, 0.25) is 0 Å². The summed E-state index contributed by atoms with van der Waals surface area (Å²) in [6.45, 7) is 0.778. The number of rotatable bonds is 4. The Bertz CT molecular complexity index is 615. The normalized spacial score (nSPS) is 10.6. The number of nitro groups is 1. The fourth-order valence-electron chi connectivity index (χ4n) is 1.57. The highest BCUT2D eigenvalue weighted by Crippen LogP contribution is 2.27. The second-order valence-corrected chi connectivity index (χ2v) is 3.47. The Morgan fingerprint density at radius 3 is 2.59 bits per heavy atom. The first-order valence-corrected chi connectivity index (χ1v) is 4.96. The lowest BCUT2D eigenvalue weighted by Gasteiger charge is -2.05. The Morgan fingerprint density at radius 2 is 2.00 bits per heavy atom. The van der Waals surface area contributed by atoms with E-state index in [2.05, 4.69) is 15.3 Å². The van der Waals surface area contributed by atoms with Gasteiger partial charge in [-0.25, -0.2) is 4.79 Å². The standard InChI is InChI=1S/C9H11N5O3/c10-1-2-11-7-3-5-6(13-9(15)12-5)4-8(7)14(16)17/h3-4,11H,1-2,10H2,(H2,12,13,15). The maximum atomic E-state index is 11.1. The van der Waals surface area contributed by atoms with Gasteiger partial charge in [-0.3, -0.25) is 10.1 Å². The minimum atomic E-state index is -0.510. The smallest absolute Gasteiger partial charge is 0.323 e. The van der Waals surface area contributed by atoms with Gasteiger partial charge in [0.05, 0.1) is 16.0 Å². The van der Waals surface area contributed by atoms with Crippen molar-refractivity contribution in [3.8, 4) is 0 Å². The average molecular weight is 237 g/mol. The van der Waals surface area contributed by atoms with Crippen molar-refractivity contribution < 1.29 is 4.92 Å². The van der Waals surface area contributed by atoms with E-state index in [1.54, 1.807) is 0 Å². The molecule has 0 saturated carbocycles. The number of nitrogens with one attached hydrogen (secondary N) is 3. The van der Waals surface area contributed by atoms with Gasteiger partial charge in [-0.15, -0.1) is 0 Å². The van der Waals surface area contributed by atoms with Crippen LogP contribution in [0.3, 0.4) is 0 Å². The maximum absolute atomic E-state index is 11.1. The zero-order chi connectivity index (χ0) is 12.4. The van der Waals surface area contributed by atoms with Gasteiger partial charge in [-0.1, -0.05) is 0 Å². The summed E-state index contributed by atoms with van der Waals surface area (Å²) in [7, 11) is 0. The Kier molecular flexibility index (Phi) is 2.79. The van der Waals surface area contributed by atoms with Gasteiger partial charge in [0.25, 0.3) is 5.69 Å². The second-order valence-electron chi connectivity index (χ2n) is 3.47. The zero-order valence-corrected chi connectivity index (χ0v) is 8.82. The Morgan fingerprint density at radius 1 is 1.35 bits per heavy atom. The highest BCUT2D eigenvalue weighted by atomic mass is 16.6. The fourth-order valence-corrected chi connectivity index (χ4v) is 1.57. The third-order valence-electron chi connectivity index (χ3n) is 2.29. The van der Waals surface area contributed by atoms with Gasteiger partial charge >= 0.3 is 5.69 Å². The van der Waals surface area contributed by atoms with Gasteiger partial charge in [-0.2, -0.15) is 0 Å². The minimum absolute atomic E-state index is 0.0961. The van der Waals surface area contributed by atoms with Gasteiger partial charge in [0.15, 0.2) is 0 Å². The number of imidazole rings is 1. The van der Waals surface area contributed by atoms with Crippen LogP contribution < -0.4 is 16.7 Å². The number of hydrogen-bond acceptors (Lipinski definition) is 5. The van der Waals surface area contributed by atoms with E-state index in [1.165, 1.54) is 12.1 Å². The van der Waals surface area contributed by atoms with Crippen molar-refractivity contribution in [1.82, 2.24) is 9.97 Å². The van der Waals surface area contributed by atoms with Gasteiger partial charge < -0.3 is 21.0 Å². The van der Waals surface area contributed by atoms with Crippen LogP contribution in [0.5, 0.6) is 0 Å². The fraction of sp³-hybridized carbons (Fsp3) is 0.222. The summed E-state index contributed by atoms with van der Waals surface area (Å²) < 4.78 is 0. The van der Waals surface area contributed by atoms with E-state index in [0.717, 1.165) is 0 Å². The molecule has 1 heterocycles. The quantitative estimate of drug-likeness (QED) is 0.443. The maximum Gasteiger partial charge on any atom is 0.323 e. The Balaban J connectivity index is 2.57. The van der Waals surface area contributed by atoms with Crippen molar-refractivity contribution >= 4 is 22.4 Å². The second kappa shape index (κ2) is 4.26. The minimum Gasteiger partial charge on any atom is -0.378 e. The number of aromatic amines is 2. The SMILES string of the molecule is NCCNc1cc2[nH]c(=O)[nH]c2cc1[N+](=O)[O-]. The Hall–Kier alpha value is -2.35. The molecule has 0 aliphatic rings. The molecule has 0 atom stereocenters. The van der Waals surface area contributed by atoms with Crippen LogP contribution in [-0.2, 0) is 0 Å². The predicted octanol–water partition coefficient (Wildman–Crippen LogP) is 0.135. The Labute approximate surface area is 95.0 Å². The molecule has 0 bridgehead atoms. The number of nitro benzene ring substituents is 1. The number of nitrogens with two attached hydrogens (primary N) is 1. The number of H-pyrrole nitrogens is 2. The monoisotopic (exact) mass is 237 g/mol. The van der Waals surface area contributed by atoms with Gasteiger partial charge in [0, 0.05) is 19.2 Å². The molecule has 1 aromatic heterocycles. The number of benzene rings is 1. The van der Waals surface area contributed by atoms with Crippen LogP contribution in [0.25, 0.3) is 11.0 Å². The molecule has 0 spiro atoms. The van der Waals surface area contributed by atoms with Gasteiger partial charge in [-0.05, 0) is 6.07 Å². The van der Waals surface area contributed by atoms with E-state index in [-0.39, 0.29) is 5.69 Å². The summed E-state index contributed by atoms with van der Waals surface area (Å²) in [5.74, 6) is 0. The number of anilines is 1. The largest absolute Gasteiger partial charge is 0.378 e. The number of hydrogen-bond donors (Lipinski definition) is 4. The molecule has 8 nitrogen and oxygen atoms in total. The number of nitrogens with zero attached hydrogens (tertiary/aromatic N) is 1. The predicted molar refractivity (Wildman–Crippen MR) is 63.1 cm³/mol. The van der Waals surface area contributed by atoms with Crippen molar-refractivity contribution in [3.05, 3.63) is 32.7 Å². The molecule has 0 aliphatic carbocycles. The third kappa shape index (κ3) is 2.11. The summed E-state index contributed by atoms with van der Waals surface area (Å²) in [6, 6.07) is 2.83. The first kappa shape index (κ1) is 11.1. The molecule has 2 aromatic rings. The molecule has 0 saturated heterocycles. The lowest BCUT2D eigenvalue weighted by atomic mass is 10.2. The van der Waals surface area contributed by atoms with Crippen LogP contribution in [0.1, 0.15) is 0 Å². The van der Waals surface area contributed by atoms with Crippen LogP contribution in [-0.4, -0.2) is 28.0 Å². The molecule has 0 amide bonds.